The average Bonchev–Trinajstić information content (AvgIpc) is 3.28. The zero-order chi connectivity index (χ0) is 43.2. The van der Waals surface area contributed by atoms with E-state index >= 15 is 0 Å². The molecule has 0 aliphatic carbocycles. The number of amides is 1. The largest absolute Gasteiger partial charge is 0.393 e. The highest BCUT2D eigenvalue weighted by atomic mass is 32.2. The van der Waals surface area contributed by atoms with Crippen LogP contribution in [0, 0.1) is 0 Å². The molecule has 61 heavy (non-hydrogen) atoms. The van der Waals surface area contributed by atoms with Gasteiger partial charge < -0.3 is 29.8 Å². The molecule has 0 radical (unpaired) electrons. The van der Waals surface area contributed by atoms with E-state index in [2.05, 4.69) is 61.2 Å². The van der Waals surface area contributed by atoms with Crippen molar-refractivity contribution >= 4 is 45.4 Å². The number of thioether (sulfide) groups is 1. The molecule has 3 N–H and O–H groups in total. The first-order valence-electron chi connectivity index (χ1n) is 20.8. The Morgan fingerprint density at radius 3 is 2.33 bits per heavy atom. The van der Waals surface area contributed by atoms with Crippen LogP contribution in [0.5, 0.6) is 0 Å². The molecule has 13 heteroatoms. The molecule has 11 nitrogen and oxygen atoms in total. The standard InChI is InChI=1S/C48H57N5O6S2/c1-52(2)28-23-40(35-60-43-12-5-4-6-13-43)50-46-20-19-44(33-39(46)32-42(55)11-9-31-54)61(57,58)51-47(56)37-15-17-41(18-16-37)53-29-24-48(59-3,25-30-53)34-38-10-7-8-14-45(38)36-21-26-49-27-22-36/h4-8,10,12-22,26-27,31,33,40,42,50,55H,9,11,23-25,28-30,32,34-35H2,1-3H3,(H,51,56)/t40-,42?/m1/s1. The number of ether oxygens (including phenoxy) is 1. The van der Waals surface area contributed by atoms with Crippen LogP contribution in [0.15, 0.2) is 131 Å². The number of aromatic nitrogens is 1. The summed E-state index contributed by atoms with van der Waals surface area (Å²) in [4.78, 5) is 34.1. The predicted molar refractivity (Wildman–Crippen MR) is 245 cm³/mol. The number of hydrogen-bond acceptors (Lipinski definition) is 11. The Balaban J connectivity index is 1.12. The fourth-order valence-electron chi connectivity index (χ4n) is 7.73. The zero-order valence-corrected chi connectivity index (χ0v) is 36.8. The molecule has 0 saturated carbocycles. The van der Waals surface area contributed by atoms with Crippen molar-refractivity contribution in [3.05, 3.63) is 138 Å². The summed E-state index contributed by atoms with van der Waals surface area (Å²) in [5, 5.41) is 14.5. The first-order chi connectivity index (χ1) is 29.5. The summed E-state index contributed by atoms with van der Waals surface area (Å²) in [6.07, 6.45) is 7.28. The second kappa shape index (κ2) is 21.7. The van der Waals surface area contributed by atoms with E-state index < -0.39 is 22.0 Å². The van der Waals surface area contributed by atoms with Crippen molar-refractivity contribution in [1.29, 1.82) is 0 Å². The lowest BCUT2D eigenvalue weighted by Gasteiger charge is -2.42. The number of rotatable bonds is 21. The molecule has 1 aromatic heterocycles. The SMILES string of the molecule is COC1(Cc2ccccc2-c2ccncc2)CCN(c2ccc(C(=O)NS(=O)(=O)c3ccc(N[C@H](CCN(C)C)CSc4ccccc4)c(CC(O)CCC=O)c3)cc2)CC1. The van der Waals surface area contributed by atoms with Crippen LogP contribution in [0.25, 0.3) is 11.1 Å². The molecule has 1 unspecified atom stereocenters. The van der Waals surface area contributed by atoms with Crippen LogP contribution in [-0.4, -0.2) is 99.9 Å². The molecule has 1 aliphatic rings. The Kier molecular flexibility index (Phi) is 16.1. The van der Waals surface area contributed by atoms with E-state index in [1.165, 1.54) is 23.3 Å². The van der Waals surface area contributed by atoms with Crippen molar-refractivity contribution in [3.8, 4) is 11.1 Å². The van der Waals surface area contributed by atoms with Crippen LogP contribution in [0.3, 0.4) is 0 Å². The van der Waals surface area contributed by atoms with Gasteiger partial charge in [0, 0.05) is 85.5 Å². The number of aliphatic hydroxyl groups is 1. The highest BCUT2D eigenvalue weighted by Crippen LogP contribution is 2.35. The van der Waals surface area contributed by atoms with Gasteiger partial charge in [-0.2, -0.15) is 0 Å². The molecule has 1 amide bonds. The van der Waals surface area contributed by atoms with Gasteiger partial charge in [-0.1, -0.05) is 42.5 Å². The Bertz CT molecular complexity index is 2290. The Morgan fingerprint density at radius 1 is 0.934 bits per heavy atom. The fraction of sp³-hybridized carbons (Fsp3) is 0.354. The predicted octanol–water partition coefficient (Wildman–Crippen LogP) is 7.50. The number of piperidine rings is 1. The molecule has 6 rings (SSSR count). The van der Waals surface area contributed by atoms with E-state index in [0.29, 0.717) is 11.3 Å². The number of nitrogens with zero attached hydrogens (tertiary/aromatic N) is 3. The van der Waals surface area contributed by atoms with E-state index in [-0.39, 0.29) is 41.4 Å². The summed E-state index contributed by atoms with van der Waals surface area (Å²) >= 11 is 1.73. The number of nitrogens with one attached hydrogen (secondary N) is 2. The number of benzene rings is 4. The maximum atomic E-state index is 13.7. The van der Waals surface area contributed by atoms with E-state index in [1.54, 1.807) is 37.1 Å². The van der Waals surface area contributed by atoms with Crippen molar-refractivity contribution in [3.63, 3.8) is 0 Å². The van der Waals surface area contributed by atoms with Crippen molar-refractivity contribution in [2.45, 2.75) is 72.5 Å². The van der Waals surface area contributed by atoms with Gasteiger partial charge in [-0.15, -0.1) is 11.8 Å². The fourth-order valence-corrected chi connectivity index (χ4v) is 9.75. The molecule has 322 valence electrons. The minimum absolute atomic E-state index is 0.0246. The zero-order valence-electron chi connectivity index (χ0n) is 35.2. The smallest absolute Gasteiger partial charge is 0.264 e. The van der Waals surface area contributed by atoms with Gasteiger partial charge in [0.2, 0.25) is 0 Å². The second-order valence-corrected chi connectivity index (χ2v) is 18.7. The van der Waals surface area contributed by atoms with Gasteiger partial charge in [-0.3, -0.25) is 9.78 Å². The van der Waals surface area contributed by atoms with E-state index in [9.17, 15) is 23.1 Å². The first-order valence-corrected chi connectivity index (χ1v) is 23.2. The lowest BCUT2D eigenvalue weighted by Crippen LogP contribution is -2.47. The number of aliphatic hydroxyl groups excluding tert-OH is 1. The number of pyridine rings is 1. The van der Waals surface area contributed by atoms with Gasteiger partial charge in [0.1, 0.15) is 6.29 Å². The van der Waals surface area contributed by atoms with Crippen molar-refractivity contribution in [2.75, 3.05) is 56.8 Å². The molecule has 5 aromatic rings. The van der Waals surface area contributed by atoms with E-state index in [0.717, 1.165) is 73.5 Å². The molecule has 0 spiro atoms. The molecular weight excluding hydrogens is 807 g/mol. The quantitative estimate of drug-likeness (QED) is 0.0499. The Hall–Kier alpha value is -5.05. The van der Waals surface area contributed by atoms with Crippen LogP contribution in [0.1, 0.15) is 53.6 Å². The normalized spacial score (nSPS) is 14.9. The molecule has 4 aromatic carbocycles. The van der Waals surface area contributed by atoms with Crippen molar-refractivity contribution in [2.24, 2.45) is 0 Å². The minimum Gasteiger partial charge on any atom is -0.393 e. The van der Waals surface area contributed by atoms with E-state index in [1.807, 2.05) is 69.0 Å². The molecule has 1 fully saturated rings. The molecule has 0 bridgehead atoms. The van der Waals surface area contributed by atoms with Crippen LogP contribution in [-0.2, 0) is 32.4 Å². The second-order valence-electron chi connectivity index (χ2n) is 15.9. The van der Waals surface area contributed by atoms with Crippen LogP contribution in [0.2, 0.25) is 0 Å². The third kappa shape index (κ3) is 12.7. The third-order valence-corrected chi connectivity index (χ3v) is 13.8. The van der Waals surface area contributed by atoms with Crippen LogP contribution in [0.4, 0.5) is 11.4 Å². The maximum absolute atomic E-state index is 13.7. The summed E-state index contributed by atoms with van der Waals surface area (Å²) in [7, 11) is 1.53. The van der Waals surface area contributed by atoms with Gasteiger partial charge >= 0.3 is 0 Å². The Morgan fingerprint density at radius 2 is 1.64 bits per heavy atom. The Labute approximate surface area is 365 Å². The monoisotopic (exact) mass is 863 g/mol. The topological polar surface area (TPSA) is 141 Å². The van der Waals surface area contributed by atoms with Crippen molar-refractivity contribution < 1.29 is 27.9 Å². The molecule has 1 saturated heterocycles. The molecular formula is C48H57N5O6S2. The van der Waals surface area contributed by atoms with Gasteiger partial charge in [0.15, 0.2) is 0 Å². The van der Waals surface area contributed by atoms with Crippen LogP contribution >= 0.6 is 11.8 Å². The average molecular weight is 864 g/mol. The summed E-state index contributed by atoms with van der Waals surface area (Å²) in [6, 6.07) is 34.3. The highest BCUT2D eigenvalue weighted by molar-refractivity contribution is 7.99. The van der Waals surface area contributed by atoms with Crippen molar-refractivity contribution in [1.82, 2.24) is 14.6 Å². The number of aldehydes is 1. The summed E-state index contributed by atoms with van der Waals surface area (Å²) in [5.74, 6) is 0.0154. The number of hydrogen-bond donors (Lipinski definition) is 3. The number of anilines is 2. The lowest BCUT2D eigenvalue weighted by molar-refractivity contribution is -0.108. The molecule has 2 atom stereocenters. The number of carbonyl (C=O) groups excluding carboxylic acids is 2. The first kappa shape index (κ1) is 45.5. The summed E-state index contributed by atoms with van der Waals surface area (Å²) < 4.78 is 36.0. The number of carbonyl (C=O) groups is 2. The summed E-state index contributed by atoms with van der Waals surface area (Å²) in [6.45, 7) is 2.34. The third-order valence-electron chi connectivity index (χ3n) is 11.3. The molecule has 2 heterocycles. The van der Waals surface area contributed by atoms with Crippen LogP contribution < -0.4 is 14.9 Å². The number of methoxy groups -OCH3 is 1. The highest BCUT2D eigenvalue weighted by Gasteiger charge is 2.35. The molecule has 1 aliphatic heterocycles. The van der Waals surface area contributed by atoms with Gasteiger partial charge in [0.25, 0.3) is 15.9 Å². The summed E-state index contributed by atoms with van der Waals surface area (Å²) in [5.41, 5.74) is 5.62. The van der Waals surface area contributed by atoms with Gasteiger partial charge in [-0.25, -0.2) is 13.1 Å². The minimum atomic E-state index is -4.29. The van der Waals surface area contributed by atoms with Gasteiger partial charge in [0.05, 0.1) is 16.6 Å². The van der Waals surface area contributed by atoms with Gasteiger partial charge in [-0.05, 0) is 135 Å². The number of sulfonamides is 1. The lowest BCUT2D eigenvalue weighted by atomic mass is 9.82. The van der Waals surface area contributed by atoms with E-state index in [4.69, 9.17) is 4.74 Å². The maximum Gasteiger partial charge on any atom is 0.264 e.